The van der Waals surface area contributed by atoms with E-state index in [0.29, 0.717) is 6.42 Å². The summed E-state index contributed by atoms with van der Waals surface area (Å²) < 4.78 is 4.78. The molecule has 1 heterocycles. The second kappa shape index (κ2) is 8.80. The van der Waals surface area contributed by atoms with Gasteiger partial charge in [-0.1, -0.05) is 30.3 Å². The van der Waals surface area contributed by atoms with Crippen LogP contribution in [0.2, 0.25) is 0 Å². The number of H-pyrrole nitrogens is 1. The monoisotopic (exact) mass is 400 g/mol. The summed E-state index contributed by atoms with van der Waals surface area (Å²) in [6.07, 6.45) is 0.675. The number of fused-ring (bicyclic) bond motifs is 1. The molecule has 7 heteroatoms. The summed E-state index contributed by atoms with van der Waals surface area (Å²) in [5.41, 5.74) is 3.38. The Morgan fingerprint density at radius 2 is 1.89 bits per heavy atom. The Morgan fingerprint density at radius 3 is 2.57 bits per heavy atom. The van der Waals surface area contributed by atoms with Gasteiger partial charge >= 0.3 is 5.97 Å². The number of alkyl halides is 1. The number of methoxy groups -OCH3 is 1. The van der Waals surface area contributed by atoms with E-state index in [4.69, 9.17) is 16.3 Å². The average molecular weight is 401 g/mol. The van der Waals surface area contributed by atoms with Crippen molar-refractivity contribution < 1.29 is 19.4 Å². The molecule has 1 aromatic heterocycles. The molecule has 28 heavy (non-hydrogen) atoms. The van der Waals surface area contributed by atoms with Crippen LogP contribution >= 0.6 is 11.6 Å². The van der Waals surface area contributed by atoms with Crippen molar-refractivity contribution in [2.24, 2.45) is 0 Å². The summed E-state index contributed by atoms with van der Waals surface area (Å²) in [7, 11) is 1.36. The first kappa shape index (κ1) is 19.8. The van der Waals surface area contributed by atoms with E-state index in [9.17, 15) is 14.7 Å². The van der Waals surface area contributed by atoms with Crippen molar-refractivity contribution >= 4 is 34.4 Å². The van der Waals surface area contributed by atoms with Crippen molar-refractivity contribution in [3.8, 4) is 5.75 Å². The van der Waals surface area contributed by atoms with E-state index in [-0.39, 0.29) is 29.9 Å². The van der Waals surface area contributed by atoms with Crippen molar-refractivity contribution in [2.75, 3.05) is 13.0 Å². The van der Waals surface area contributed by atoms with Crippen LogP contribution in [0.3, 0.4) is 0 Å². The molecule has 0 fully saturated rings. The molecule has 3 rings (SSSR count). The van der Waals surface area contributed by atoms with Gasteiger partial charge in [0.15, 0.2) is 0 Å². The van der Waals surface area contributed by atoms with Crippen molar-refractivity contribution in [1.82, 2.24) is 10.3 Å². The highest BCUT2D eigenvalue weighted by atomic mass is 35.5. The van der Waals surface area contributed by atoms with Crippen LogP contribution in [0.5, 0.6) is 5.75 Å². The molecular formula is C21H21ClN2O4. The number of esters is 1. The maximum absolute atomic E-state index is 12.1. The van der Waals surface area contributed by atoms with Gasteiger partial charge in [0.2, 0.25) is 5.91 Å². The summed E-state index contributed by atoms with van der Waals surface area (Å²) in [6, 6.07) is 13.9. The number of amides is 1. The van der Waals surface area contributed by atoms with Crippen molar-refractivity contribution in [3.63, 3.8) is 0 Å². The van der Waals surface area contributed by atoms with Gasteiger partial charge in [-0.2, -0.15) is 0 Å². The third-order valence-corrected chi connectivity index (χ3v) is 4.84. The molecular weight excluding hydrogens is 380 g/mol. The zero-order chi connectivity index (χ0) is 20.1. The summed E-state index contributed by atoms with van der Waals surface area (Å²) in [6.45, 7) is 0. The topological polar surface area (TPSA) is 91.4 Å². The normalized spacial score (nSPS) is 11.9. The first-order valence-corrected chi connectivity index (χ1v) is 9.37. The predicted octanol–water partition coefficient (Wildman–Crippen LogP) is 3.42. The zero-order valence-corrected chi connectivity index (χ0v) is 16.1. The van der Waals surface area contributed by atoms with Crippen LogP contribution in [0.4, 0.5) is 0 Å². The number of halogens is 1. The molecule has 0 saturated carbocycles. The molecule has 3 aromatic rings. The maximum atomic E-state index is 12.1. The van der Waals surface area contributed by atoms with Gasteiger partial charge in [0, 0.05) is 23.0 Å². The van der Waals surface area contributed by atoms with Gasteiger partial charge in [-0.05, 0) is 35.7 Å². The molecule has 0 aliphatic rings. The SMILES string of the molecule is COC(=O)CCc1c([C@H](NC(=O)CCl)c2ccc(O)cc2)[nH]c2ccccc12. The van der Waals surface area contributed by atoms with E-state index in [1.807, 2.05) is 24.3 Å². The van der Waals surface area contributed by atoms with E-state index >= 15 is 0 Å². The maximum Gasteiger partial charge on any atom is 0.305 e. The quantitative estimate of drug-likeness (QED) is 0.418. The van der Waals surface area contributed by atoms with Gasteiger partial charge in [-0.25, -0.2) is 0 Å². The van der Waals surface area contributed by atoms with Gasteiger partial charge in [0.1, 0.15) is 11.6 Å². The molecule has 0 aliphatic heterocycles. The number of carbonyl (C=O) groups excluding carboxylic acids is 2. The Labute approximate surface area is 167 Å². The number of para-hydroxylation sites is 1. The Morgan fingerprint density at radius 1 is 1.18 bits per heavy atom. The third kappa shape index (κ3) is 4.28. The highest BCUT2D eigenvalue weighted by molar-refractivity contribution is 6.27. The second-order valence-corrected chi connectivity index (χ2v) is 6.63. The average Bonchev–Trinajstić information content (AvgIpc) is 3.09. The van der Waals surface area contributed by atoms with Gasteiger partial charge in [-0.3, -0.25) is 9.59 Å². The van der Waals surface area contributed by atoms with E-state index in [1.165, 1.54) is 7.11 Å². The molecule has 6 nitrogen and oxygen atoms in total. The number of nitrogens with one attached hydrogen (secondary N) is 2. The summed E-state index contributed by atoms with van der Waals surface area (Å²) in [5.74, 6) is -0.667. The minimum Gasteiger partial charge on any atom is -0.508 e. The Balaban J connectivity index is 2.10. The highest BCUT2D eigenvalue weighted by Gasteiger charge is 2.24. The number of benzene rings is 2. The lowest BCUT2D eigenvalue weighted by Crippen LogP contribution is -2.31. The van der Waals surface area contributed by atoms with Gasteiger partial charge in [0.05, 0.1) is 13.2 Å². The fourth-order valence-electron chi connectivity index (χ4n) is 3.25. The number of aromatic nitrogens is 1. The number of phenolic OH excluding ortho intramolecular Hbond substituents is 1. The zero-order valence-electron chi connectivity index (χ0n) is 15.4. The molecule has 3 N–H and O–H groups in total. The number of phenols is 1. The van der Waals surface area contributed by atoms with E-state index in [1.54, 1.807) is 24.3 Å². The summed E-state index contributed by atoms with van der Waals surface area (Å²) in [5, 5.41) is 13.5. The van der Waals surface area contributed by atoms with E-state index < -0.39 is 6.04 Å². The Hall–Kier alpha value is -2.99. The van der Waals surface area contributed by atoms with Crippen LogP contribution in [0.15, 0.2) is 48.5 Å². The van der Waals surface area contributed by atoms with Crippen LogP contribution in [0.25, 0.3) is 10.9 Å². The van der Waals surface area contributed by atoms with Crippen LogP contribution in [0, 0.1) is 0 Å². The summed E-state index contributed by atoms with van der Waals surface area (Å²) in [4.78, 5) is 27.2. The van der Waals surface area contributed by atoms with Crippen molar-refractivity contribution in [2.45, 2.75) is 18.9 Å². The molecule has 0 bridgehead atoms. The molecule has 0 saturated heterocycles. The fraction of sp³-hybridized carbons (Fsp3) is 0.238. The lowest BCUT2D eigenvalue weighted by atomic mass is 9.96. The number of hydrogen-bond donors (Lipinski definition) is 3. The summed E-state index contributed by atoms with van der Waals surface area (Å²) >= 11 is 5.71. The number of carbonyl (C=O) groups is 2. The first-order valence-electron chi connectivity index (χ1n) is 8.84. The highest BCUT2D eigenvalue weighted by Crippen LogP contribution is 2.32. The van der Waals surface area contributed by atoms with Crippen LogP contribution < -0.4 is 5.32 Å². The number of aryl methyl sites for hydroxylation is 1. The second-order valence-electron chi connectivity index (χ2n) is 6.36. The fourth-order valence-corrected chi connectivity index (χ4v) is 3.33. The number of aromatic amines is 1. The smallest absolute Gasteiger partial charge is 0.305 e. The third-order valence-electron chi connectivity index (χ3n) is 4.60. The van der Waals surface area contributed by atoms with Crippen LogP contribution in [-0.2, 0) is 20.7 Å². The minimum absolute atomic E-state index is 0.133. The van der Waals surface area contributed by atoms with Gasteiger partial charge < -0.3 is 20.1 Å². The van der Waals surface area contributed by atoms with Gasteiger partial charge in [-0.15, -0.1) is 11.6 Å². The minimum atomic E-state index is -0.508. The Kier molecular flexibility index (Phi) is 6.21. The molecule has 0 radical (unpaired) electrons. The molecule has 0 unspecified atom stereocenters. The lowest BCUT2D eigenvalue weighted by Gasteiger charge is -2.20. The number of rotatable bonds is 7. The molecule has 2 aromatic carbocycles. The van der Waals surface area contributed by atoms with Crippen molar-refractivity contribution in [1.29, 1.82) is 0 Å². The number of ether oxygens (including phenoxy) is 1. The Bertz CT molecular complexity index is 982. The number of hydrogen-bond acceptors (Lipinski definition) is 4. The van der Waals surface area contributed by atoms with Crippen molar-refractivity contribution in [3.05, 3.63) is 65.4 Å². The lowest BCUT2D eigenvalue weighted by molar-refractivity contribution is -0.140. The molecule has 1 atom stereocenters. The largest absolute Gasteiger partial charge is 0.508 e. The van der Waals surface area contributed by atoms with Crippen LogP contribution in [0.1, 0.15) is 29.3 Å². The van der Waals surface area contributed by atoms with E-state index in [2.05, 4.69) is 10.3 Å². The standard InChI is InChI=1S/C21H21ClN2O4/c1-28-19(27)11-10-16-15-4-2-3-5-17(15)23-21(16)20(24-18(26)12-22)13-6-8-14(25)9-7-13/h2-9,20,23,25H,10-12H2,1H3,(H,24,26)/t20-/m1/s1. The first-order chi connectivity index (χ1) is 13.5. The molecule has 0 spiro atoms. The van der Waals surface area contributed by atoms with Gasteiger partial charge in [0.25, 0.3) is 0 Å². The molecule has 0 aliphatic carbocycles. The number of aromatic hydroxyl groups is 1. The van der Waals surface area contributed by atoms with Crippen LogP contribution in [-0.4, -0.2) is 35.0 Å². The molecule has 1 amide bonds. The van der Waals surface area contributed by atoms with E-state index in [0.717, 1.165) is 27.7 Å². The predicted molar refractivity (Wildman–Crippen MR) is 107 cm³/mol. The molecule has 146 valence electrons.